The lowest BCUT2D eigenvalue weighted by Gasteiger charge is -2.33. The van der Waals surface area contributed by atoms with E-state index >= 15 is 0 Å². The highest BCUT2D eigenvalue weighted by atomic mass is 19.1. The third-order valence-corrected chi connectivity index (χ3v) is 3.76. The Balaban J connectivity index is 1.71. The zero-order chi connectivity index (χ0) is 14.8. The largest absolute Gasteiger partial charge is 0.365 e. The second-order valence-electron chi connectivity index (χ2n) is 5.40. The van der Waals surface area contributed by atoms with Gasteiger partial charge < -0.3 is 15.0 Å². The van der Waals surface area contributed by atoms with Crippen molar-refractivity contribution in [1.82, 2.24) is 15.3 Å². The molecule has 1 aromatic heterocycles. The molecule has 0 spiro atoms. The van der Waals surface area contributed by atoms with Gasteiger partial charge in [-0.2, -0.15) is 0 Å². The van der Waals surface area contributed by atoms with Crippen LogP contribution in [0.5, 0.6) is 0 Å². The smallest absolute Gasteiger partial charge is 0.251 e. The molecule has 0 radical (unpaired) electrons. The first-order valence-electron chi connectivity index (χ1n) is 7.35. The number of halogens is 1. The molecule has 2 heterocycles. The number of anilines is 1. The summed E-state index contributed by atoms with van der Waals surface area (Å²) in [5.74, 6) is -0.259. The lowest BCUT2D eigenvalue weighted by Crippen LogP contribution is -2.50. The number of rotatable bonds is 4. The standard InChI is InChI=1S/C14H19FN4O2/c1-2-10-12(15)13(17-8-16-10)19-5-6-21-11(7-19)14(20)18-9-3-4-9/h8-9,11H,2-7H2,1H3,(H,18,20). The first kappa shape index (κ1) is 14.2. The summed E-state index contributed by atoms with van der Waals surface area (Å²) in [6.45, 7) is 3.06. The zero-order valence-corrected chi connectivity index (χ0v) is 12.0. The average molecular weight is 294 g/mol. The molecule has 1 atom stereocenters. The maximum absolute atomic E-state index is 14.3. The number of nitrogens with one attached hydrogen (secondary N) is 1. The summed E-state index contributed by atoms with van der Waals surface area (Å²) < 4.78 is 19.8. The Labute approximate surface area is 122 Å². The van der Waals surface area contributed by atoms with Crippen molar-refractivity contribution < 1.29 is 13.9 Å². The molecule has 1 N–H and O–H groups in total. The van der Waals surface area contributed by atoms with Crippen molar-refractivity contribution in [3.8, 4) is 0 Å². The quantitative estimate of drug-likeness (QED) is 0.883. The molecule has 1 amide bonds. The number of aromatic nitrogens is 2. The van der Waals surface area contributed by atoms with Crippen LogP contribution in [0.1, 0.15) is 25.5 Å². The Bertz CT molecular complexity index is 536. The van der Waals surface area contributed by atoms with Gasteiger partial charge in [-0.25, -0.2) is 14.4 Å². The van der Waals surface area contributed by atoms with Gasteiger partial charge in [-0.3, -0.25) is 4.79 Å². The Hall–Kier alpha value is -1.76. The van der Waals surface area contributed by atoms with Crippen molar-refractivity contribution in [2.75, 3.05) is 24.6 Å². The van der Waals surface area contributed by atoms with Crippen LogP contribution in [0, 0.1) is 5.82 Å². The molecular formula is C14H19FN4O2. The van der Waals surface area contributed by atoms with Crippen molar-refractivity contribution in [3.63, 3.8) is 0 Å². The summed E-state index contributed by atoms with van der Waals surface area (Å²) in [5.41, 5.74) is 0.394. The van der Waals surface area contributed by atoms with Crippen LogP contribution < -0.4 is 10.2 Å². The van der Waals surface area contributed by atoms with E-state index in [0.29, 0.717) is 37.9 Å². The van der Waals surface area contributed by atoms with E-state index in [1.54, 1.807) is 4.90 Å². The number of carbonyl (C=O) groups excluding carboxylic acids is 1. The SMILES string of the molecule is CCc1ncnc(N2CCOC(C(=O)NC3CC3)C2)c1F. The fraction of sp³-hybridized carbons (Fsp3) is 0.643. The van der Waals surface area contributed by atoms with Crippen molar-refractivity contribution in [2.45, 2.75) is 38.3 Å². The molecule has 114 valence electrons. The van der Waals surface area contributed by atoms with E-state index in [-0.39, 0.29) is 11.7 Å². The number of nitrogens with zero attached hydrogens (tertiary/aromatic N) is 3. The van der Waals surface area contributed by atoms with Crippen LogP contribution in [0.15, 0.2) is 6.33 Å². The minimum atomic E-state index is -0.571. The molecule has 1 saturated carbocycles. The second-order valence-corrected chi connectivity index (χ2v) is 5.40. The normalized spacial score (nSPS) is 22.2. The number of aryl methyl sites for hydroxylation is 1. The van der Waals surface area contributed by atoms with E-state index in [4.69, 9.17) is 4.74 Å². The minimum absolute atomic E-state index is 0.118. The summed E-state index contributed by atoms with van der Waals surface area (Å²) in [6.07, 6.45) is 3.37. The van der Waals surface area contributed by atoms with E-state index in [1.165, 1.54) is 6.33 Å². The van der Waals surface area contributed by atoms with Gasteiger partial charge in [0, 0.05) is 12.6 Å². The molecule has 1 saturated heterocycles. The lowest BCUT2D eigenvalue weighted by atomic mass is 10.2. The molecule has 1 unspecified atom stereocenters. The van der Waals surface area contributed by atoms with Crippen LogP contribution in [0.3, 0.4) is 0 Å². The molecule has 7 heteroatoms. The van der Waals surface area contributed by atoms with E-state index < -0.39 is 11.9 Å². The summed E-state index contributed by atoms with van der Waals surface area (Å²) in [5, 5.41) is 2.92. The number of hydrogen-bond acceptors (Lipinski definition) is 5. The number of carbonyl (C=O) groups is 1. The molecule has 2 aliphatic rings. The molecule has 1 aromatic rings. The van der Waals surface area contributed by atoms with Crippen molar-refractivity contribution >= 4 is 11.7 Å². The van der Waals surface area contributed by atoms with Gasteiger partial charge in [0.15, 0.2) is 17.7 Å². The van der Waals surface area contributed by atoms with Crippen molar-refractivity contribution in [1.29, 1.82) is 0 Å². The molecule has 0 aromatic carbocycles. The number of morpholine rings is 1. The Morgan fingerprint density at radius 2 is 2.33 bits per heavy atom. The zero-order valence-electron chi connectivity index (χ0n) is 12.0. The summed E-state index contributed by atoms with van der Waals surface area (Å²) in [6, 6.07) is 0.291. The van der Waals surface area contributed by atoms with E-state index in [1.807, 2.05) is 6.92 Å². The molecular weight excluding hydrogens is 275 g/mol. The summed E-state index contributed by atoms with van der Waals surface area (Å²) in [7, 11) is 0. The van der Waals surface area contributed by atoms with Crippen LogP contribution in [-0.4, -0.2) is 47.7 Å². The van der Waals surface area contributed by atoms with Gasteiger partial charge in [-0.1, -0.05) is 6.92 Å². The van der Waals surface area contributed by atoms with Crippen molar-refractivity contribution in [3.05, 3.63) is 17.8 Å². The molecule has 1 aliphatic carbocycles. The first-order chi connectivity index (χ1) is 10.2. The minimum Gasteiger partial charge on any atom is -0.365 e. The number of amides is 1. The predicted octanol–water partition coefficient (Wildman–Crippen LogP) is 0.662. The maximum Gasteiger partial charge on any atom is 0.251 e. The first-order valence-corrected chi connectivity index (χ1v) is 7.35. The molecule has 6 nitrogen and oxygen atoms in total. The van der Waals surface area contributed by atoms with Gasteiger partial charge in [0.25, 0.3) is 5.91 Å². The fourth-order valence-corrected chi connectivity index (χ4v) is 2.38. The van der Waals surface area contributed by atoms with Gasteiger partial charge in [-0.15, -0.1) is 0 Å². The second kappa shape index (κ2) is 5.93. The molecule has 0 bridgehead atoms. The van der Waals surface area contributed by atoms with Crippen LogP contribution in [-0.2, 0) is 16.0 Å². The maximum atomic E-state index is 14.3. The van der Waals surface area contributed by atoms with Crippen LogP contribution in [0.4, 0.5) is 10.2 Å². The van der Waals surface area contributed by atoms with Gasteiger partial charge in [0.05, 0.1) is 18.8 Å². The van der Waals surface area contributed by atoms with Gasteiger partial charge in [0.1, 0.15) is 6.33 Å². The molecule has 2 fully saturated rings. The Kier molecular flexibility index (Phi) is 4.01. The highest BCUT2D eigenvalue weighted by Crippen LogP contribution is 2.22. The Morgan fingerprint density at radius 3 is 3.05 bits per heavy atom. The number of hydrogen-bond donors (Lipinski definition) is 1. The Morgan fingerprint density at radius 1 is 1.52 bits per heavy atom. The van der Waals surface area contributed by atoms with Crippen molar-refractivity contribution in [2.24, 2.45) is 0 Å². The fourth-order valence-electron chi connectivity index (χ4n) is 2.38. The van der Waals surface area contributed by atoms with Gasteiger partial charge in [0.2, 0.25) is 0 Å². The van der Waals surface area contributed by atoms with E-state index in [9.17, 15) is 9.18 Å². The third-order valence-electron chi connectivity index (χ3n) is 3.76. The topological polar surface area (TPSA) is 67.3 Å². The summed E-state index contributed by atoms with van der Waals surface area (Å²) >= 11 is 0. The molecule has 1 aliphatic heterocycles. The van der Waals surface area contributed by atoms with Crippen LogP contribution in [0.2, 0.25) is 0 Å². The van der Waals surface area contributed by atoms with Gasteiger partial charge >= 0.3 is 0 Å². The number of ether oxygens (including phenoxy) is 1. The molecule has 3 rings (SSSR count). The highest BCUT2D eigenvalue weighted by Gasteiger charge is 2.32. The van der Waals surface area contributed by atoms with Crippen LogP contribution in [0.25, 0.3) is 0 Å². The van der Waals surface area contributed by atoms with Crippen LogP contribution >= 0.6 is 0 Å². The third kappa shape index (κ3) is 3.12. The predicted molar refractivity (Wildman–Crippen MR) is 74.5 cm³/mol. The average Bonchev–Trinajstić information content (AvgIpc) is 3.31. The lowest BCUT2D eigenvalue weighted by molar-refractivity contribution is -0.133. The molecule has 21 heavy (non-hydrogen) atoms. The van der Waals surface area contributed by atoms with Gasteiger partial charge in [-0.05, 0) is 19.3 Å². The van der Waals surface area contributed by atoms with E-state index in [0.717, 1.165) is 12.8 Å². The summed E-state index contributed by atoms with van der Waals surface area (Å²) in [4.78, 5) is 21.8. The monoisotopic (exact) mass is 294 g/mol. The van der Waals surface area contributed by atoms with E-state index in [2.05, 4.69) is 15.3 Å². The highest BCUT2D eigenvalue weighted by molar-refractivity contribution is 5.82.